The van der Waals surface area contributed by atoms with Gasteiger partial charge in [-0.3, -0.25) is 4.79 Å². The number of ether oxygens (including phenoxy) is 3. The fourth-order valence-corrected chi connectivity index (χ4v) is 5.20. The Balaban J connectivity index is 1.80. The molecule has 36 heavy (non-hydrogen) atoms. The van der Waals surface area contributed by atoms with Crippen LogP contribution < -0.4 is 10.1 Å². The molecule has 0 bridgehead atoms. The molecule has 1 amide bonds. The minimum Gasteiger partial charge on any atom is -0.491 e. The van der Waals surface area contributed by atoms with Crippen molar-refractivity contribution in [2.45, 2.75) is 104 Å². The Hall–Kier alpha value is -2.37. The summed E-state index contributed by atoms with van der Waals surface area (Å²) < 4.78 is 17.6. The lowest BCUT2D eigenvalue weighted by atomic mass is 9.69. The van der Waals surface area contributed by atoms with Gasteiger partial charge in [0.2, 0.25) is 5.91 Å². The number of hydrogen-bond acceptors (Lipinski definition) is 4. The molecule has 3 rings (SSSR count). The van der Waals surface area contributed by atoms with Crippen molar-refractivity contribution in [3.63, 3.8) is 0 Å². The molecule has 1 atom stereocenters. The highest BCUT2D eigenvalue weighted by molar-refractivity contribution is 5.79. The topological polar surface area (TPSA) is 56.8 Å². The molecule has 1 aliphatic rings. The largest absolute Gasteiger partial charge is 0.491 e. The van der Waals surface area contributed by atoms with E-state index in [2.05, 4.69) is 69.4 Å². The third-order valence-corrected chi connectivity index (χ3v) is 7.19. The van der Waals surface area contributed by atoms with Crippen LogP contribution in [0, 0.1) is 13.8 Å². The van der Waals surface area contributed by atoms with Crippen molar-refractivity contribution >= 4 is 5.91 Å². The first-order valence-electron chi connectivity index (χ1n) is 13.3. The molecule has 1 unspecified atom stereocenters. The van der Waals surface area contributed by atoms with E-state index >= 15 is 0 Å². The molecule has 1 N–H and O–H groups in total. The molecule has 0 aliphatic carbocycles. The van der Waals surface area contributed by atoms with E-state index in [1.807, 2.05) is 34.6 Å². The predicted molar refractivity (Wildman–Crippen MR) is 146 cm³/mol. The van der Waals surface area contributed by atoms with Crippen molar-refractivity contribution in [3.05, 3.63) is 64.2 Å². The van der Waals surface area contributed by atoms with Gasteiger partial charge in [-0.25, -0.2) is 0 Å². The number of benzene rings is 2. The number of carbonyl (C=O) groups excluding carboxylic acids is 1. The van der Waals surface area contributed by atoms with Gasteiger partial charge in [0.05, 0.1) is 13.0 Å². The van der Waals surface area contributed by atoms with Gasteiger partial charge in [0.15, 0.2) is 5.79 Å². The third kappa shape index (κ3) is 6.68. The van der Waals surface area contributed by atoms with Crippen molar-refractivity contribution in [3.8, 4) is 5.75 Å². The molecular weight excluding hydrogens is 450 g/mol. The number of aryl methyl sites for hydroxylation is 2. The van der Waals surface area contributed by atoms with Gasteiger partial charge in [0, 0.05) is 11.0 Å². The van der Waals surface area contributed by atoms with E-state index in [9.17, 15) is 4.79 Å². The molecule has 5 nitrogen and oxygen atoms in total. The maximum Gasteiger partial charge on any atom is 0.224 e. The summed E-state index contributed by atoms with van der Waals surface area (Å²) in [5, 5.41) is 3.07. The van der Waals surface area contributed by atoms with E-state index in [4.69, 9.17) is 14.2 Å². The Labute approximate surface area is 217 Å². The molecular formula is C31H45NO4. The minimum absolute atomic E-state index is 0.0555. The van der Waals surface area contributed by atoms with Gasteiger partial charge >= 0.3 is 0 Å². The average Bonchev–Trinajstić information content (AvgIpc) is 3.13. The molecule has 5 heteroatoms. The second-order valence-corrected chi connectivity index (χ2v) is 11.6. The van der Waals surface area contributed by atoms with Gasteiger partial charge in [-0.1, -0.05) is 44.2 Å². The van der Waals surface area contributed by atoms with Gasteiger partial charge < -0.3 is 19.5 Å². The van der Waals surface area contributed by atoms with Crippen molar-refractivity contribution in [2.75, 3.05) is 13.2 Å². The summed E-state index contributed by atoms with van der Waals surface area (Å²) in [5.41, 5.74) is 5.58. The highest BCUT2D eigenvalue weighted by Crippen LogP contribution is 2.41. The molecule has 1 saturated heterocycles. The smallest absolute Gasteiger partial charge is 0.224 e. The molecule has 2 aromatic rings. The Morgan fingerprint density at radius 1 is 1.03 bits per heavy atom. The number of rotatable bonds is 9. The van der Waals surface area contributed by atoms with Gasteiger partial charge in [0.1, 0.15) is 18.5 Å². The van der Waals surface area contributed by atoms with Crippen LogP contribution in [0.15, 0.2) is 36.4 Å². The Morgan fingerprint density at radius 3 is 2.14 bits per heavy atom. The lowest BCUT2D eigenvalue weighted by Crippen LogP contribution is -2.41. The number of carbonyl (C=O) groups is 1. The van der Waals surface area contributed by atoms with Crippen LogP contribution in [0.3, 0.4) is 0 Å². The second kappa shape index (κ2) is 10.9. The molecule has 2 aromatic carbocycles. The Kier molecular flexibility index (Phi) is 8.57. The van der Waals surface area contributed by atoms with Crippen LogP contribution in [0.25, 0.3) is 0 Å². The van der Waals surface area contributed by atoms with Crippen LogP contribution in [0.4, 0.5) is 0 Å². The first-order chi connectivity index (χ1) is 16.8. The Bertz CT molecular complexity index is 1060. The van der Waals surface area contributed by atoms with Crippen LogP contribution in [-0.2, 0) is 26.1 Å². The SMILES string of the molecule is CCC(CC)(c1ccc(CC(=O)NC(C)(C)C)c(C)c1)c1ccc(OCC2COC(C)(C)O2)c(C)c1. The maximum atomic E-state index is 12.5. The lowest BCUT2D eigenvalue weighted by molar-refractivity contribution is -0.141. The van der Waals surface area contributed by atoms with Crippen LogP contribution in [0.1, 0.15) is 89.1 Å². The second-order valence-electron chi connectivity index (χ2n) is 11.6. The zero-order chi connectivity index (χ0) is 26.7. The number of nitrogens with one attached hydrogen (secondary N) is 1. The van der Waals surface area contributed by atoms with Crippen molar-refractivity contribution in [1.82, 2.24) is 5.32 Å². The molecule has 1 aliphatic heterocycles. The van der Waals surface area contributed by atoms with Crippen molar-refractivity contribution < 1.29 is 19.0 Å². The van der Waals surface area contributed by atoms with Crippen LogP contribution in [-0.4, -0.2) is 36.6 Å². The Morgan fingerprint density at radius 2 is 1.64 bits per heavy atom. The molecule has 0 saturated carbocycles. The van der Waals surface area contributed by atoms with E-state index in [0.717, 1.165) is 35.3 Å². The summed E-state index contributed by atoms with van der Waals surface area (Å²) in [4.78, 5) is 12.5. The highest BCUT2D eigenvalue weighted by atomic mass is 16.7. The molecule has 198 valence electrons. The van der Waals surface area contributed by atoms with E-state index in [-0.39, 0.29) is 23.0 Å². The lowest BCUT2D eigenvalue weighted by Gasteiger charge is -2.34. The van der Waals surface area contributed by atoms with E-state index in [0.29, 0.717) is 19.6 Å². The first-order valence-corrected chi connectivity index (χ1v) is 13.3. The molecule has 1 heterocycles. The zero-order valence-corrected chi connectivity index (χ0v) is 23.7. The quantitative estimate of drug-likeness (QED) is 0.437. The van der Waals surface area contributed by atoms with Crippen LogP contribution in [0.2, 0.25) is 0 Å². The fourth-order valence-electron chi connectivity index (χ4n) is 5.20. The van der Waals surface area contributed by atoms with Crippen LogP contribution >= 0.6 is 0 Å². The first kappa shape index (κ1) is 28.2. The monoisotopic (exact) mass is 495 g/mol. The van der Waals surface area contributed by atoms with E-state index < -0.39 is 5.79 Å². The van der Waals surface area contributed by atoms with Crippen molar-refractivity contribution in [2.24, 2.45) is 0 Å². The minimum atomic E-state index is -0.543. The summed E-state index contributed by atoms with van der Waals surface area (Å²) in [6.45, 7) is 19.6. The molecule has 0 radical (unpaired) electrons. The zero-order valence-electron chi connectivity index (χ0n) is 23.7. The predicted octanol–water partition coefficient (Wildman–Crippen LogP) is 6.40. The summed E-state index contributed by atoms with van der Waals surface area (Å²) in [5.74, 6) is 0.392. The average molecular weight is 496 g/mol. The summed E-state index contributed by atoms with van der Waals surface area (Å²) in [7, 11) is 0. The fraction of sp³-hybridized carbons (Fsp3) is 0.581. The third-order valence-electron chi connectivity index (χ3n) is 7.19. The number of amides is 1. The van der Waals surface area contributed by atoms with Crippen LogP contribution in [0.5, 0.6) is 5.75 Å². The summed E-state index contributed by atoms with van der Waals surface area (Å²) >= 11 is 0. The molecule has 0 aromatic heterocycles. The van der Waals surface area contributed by atoms with Gasteiger partial charge in [-0.2, -0.15) is 0 Å². The van der Waals surface area contributed by atoms with Gasteiger partial charge in [0.25, 0.3) is 0 Å². The highest BCUT2D eigenvalue weighted by Gasteiger charge is 2.34. The van der Waals surface area contributed by atoms with E-state index in [1.165, 1.54) is 11.1 Å². The van der Waals surface area contributed by atoms with Crippen molar-refractivity contribution in [1.29, 1.82) is 0 Å². The molecule has 0 spiro atoms. The van der Waals surface area contributed by atoms with Gasteiger partial charge in [-0.15, -0.1) is 0 Å². The van der Waals surface area contributed by atoms with Gasteiger partial charge in [-0.05, 0) is 95.2 Å². The molecule has 1 fully saturated rings. The number of hydrogen-bond donors (Lipinski definition) is 1. The summed E-state index contributed by atoms with van der Waals surface area (Å²) in [6, 6.07) is 13.2. The standard InChI is InChI=1S/C31H45NO4/c1-10-31(11-2,24-13-12-23(21(3)16-24)18-28(33)32-29(5,6)7)25-14-15-27(22(4)17-25)34-19-26-20-35-30(8,9)36-26/h12-17,26H,10-11,18-20H2,1-9H3,(H,32,33). The summed E-state index contributed by atoms with van der Waals surface area (Å²) in [6.07, 6.45) is 2.30. The normalized spacial score (nSPS) is 17.8. The maximum absolute atomic E-state index is 12.5. The van der Waals surface area contributed by atoms with E-state index in [1.54, 1.807) is 0 Å².